The Balaban J connectivity index is 2.88. The van der Waals surface area contributed by atoms with Crippen LogP contribution in [0.1, 0.15) is 47.5 Å². The van der Waals surface area contributed by atoms with Crippen LogP contribution in [0.3, 0.4) is 0 Å². The minimum absolute atomic E-state index is 0.0191. The topological polar surface area (TPSA) is 34.1 Å². The van der Waals surface area contributed by atoms with Crippen LogP contribution >= 0.6 is 0 Å². The summed E-state index contributed by atoms with van der Waals surface area (Å²) in [6, 6.07) is 0.586. The van der Waals surface area contributed by atoms with E-state index >= 15 is 0 Å². The molecule has 1 heterocycles. The van der Waals surface area contributed by atoms with Crippen molar-refractivity contribution in [2.75, 3.05) is 33.5 Å². The molecule has 1 fully saturated rings. The number of likely N-dealkylation sites (tertiary alicyclic amines) is 1. The van der Waals surface area contributed by atoms with Gasteiger partial charge in [-0.15, -0.1) is 6.58 Å². The first-order valence-corrected chi connectivity index (χ1v) is 8.85. The number of nitrogens with zero attached hydrogens (tertiary/aromatic N) is 2. The molecule has 0 aromatic rings. The van der Waals surface area contributed by atoms with Gasteiger partial charge in [-0.2, -0.15) is 0 Å². The van der Waals surface area contributed by atoms with E-state index < -0.39 is 0 Å². The van der Waals surface area contributed by atoms with Crippen LogP contribution in [-0.4, -0.2) is 56.3 Å². The van der Waals surface area contributed by atoms with Crippen LogP contribution in [0.15, 0.2) is 17.6 Å². The summed E-state index contributed by atoms with van der Waals surface area (Å²) in [4.78, 5) is 7.55. The summed E-state index contributed by atoms with van der Waals surface area (Å²) in [5.41, 5.74) is 0.0191. The van der Waals surface area contributed by atoms with E-state index in [0.29, 0.717) is 25.2 Å². The van der Waals surface area contributed by atoms with E-state index in [1.165, 1.54) is 18.7 Å². The normalized spacial score (nSPS) is 21.1. The molecule has 1 saturated heterocycles. The molecule has 0 bridgehead atoms. The van der Waals surface area contributed by atoms with Gasteiger partial charge in [0, 0.05) is 19.1 Å². The molecule has 0 radical (unpaired) electrons. The van der Waals surface area contributed by atoms with E-state index in [9.17, 15) is 0 Å². The SMILES string of the molecule is C=CC(N=C(N1CCC[C@H]1COCCOC)C(C)(C)C)C(C)C. The van der Waals surface area contributed by atoms with Crippen molar-refractivity contribution in [2.45, 2.75) is 59.5 Å². The Morgan fingerprint density at radius 1 is 1.35 bits per heavy atom. The predicted molar refractivity (Wildman–Crippen MR) is 98.1 cm³/mol. The lowest BCUT2D eigenvalue weighted by atomic mass is 9.92. The van der Waals surface area contributed by atoms with Crippen molar-refractivity contribution in [3.05, 3.63) is 12.7 Å². The van der Waals surface area contributed by atoms with E-state index in [1.54, 1.807) is 7.11 Å². The molecule has 2 atom stereocenters. The van der Waals surface area contributed by atoms with Crippen molar-refractivity contribution >= 4 is 5.84 Å². The quantitative estimate of drug-likeness (QED) is 0.295. The van der Waals surface area contributed by atoms with Crippen molar-refractivity contribution in [1.29, 1.82) is 0 Å². The molecule has 0 saturated carbocycles. The van der Waals surface area contributed by atoms with Crippen LogP contribution < -0.4 is 0 Å². The van der Waals surface area contributed by atoms with Gasteiger partial charge in [0.2, 0.25) is 0 Å². The molecule has 0 amide bonds. The molecule has 0 aliphatic carbocycles. The van der Waals surface area contributed by atoms with Crippen LogP contribution in [0.2, 0.25) is 0 Å². The highest BCUT2D eigenvalue weighted by atomic mass is 16.5. The van der Waals surface area contributed by atoms with Gasteiger partial charge in [0.25, 0.3) is 0 Å². The van der Waals surface area contributed by atoms with Gasteiger partial charge in [-0.25, -0.2) is 0 Å². The molecule has 134 valence electrons. The molecule has 4 heteroatoms. The molecular formula is C19H36N2O2. The molecular weight excluding hydrogens is 288 g/mol. The second kappa shape index (κ2) is 9.43. The average molecular weight is 325 g/mol. The lowest BCUT2D eigenvalue weighted by Crippen LogP contribution is -2.45. The van der Waals surface area contributed by atoms with Gasteiger partial charge < -0.3 is 14.4 Å². The van der Waals surface area contributed by atoms with Crippen LogP contribution in [-0.2, 0) is 9.47 Å². The van der Waals surface area contributed by atoms with Gasteiger partial charge in [0.1, 0.15) is 5.84 Å². The first-order valence-electron chi connectivity index (χ1n) is 8.85. The summed E-state index contributed by atoms with van der Waals surface area (Å²) >= 11 is 0. The highest BCUT2D eigenvalue weighted by Crippen LogP contribution is 2.28. The van der Waals surface area contributed by atoms with Crippen LogP contribution in [0.4, 0.5) is 0 Å². The second-order valence-electron chi connectivity index (χ2n) is 7.73. The second-order valence-corrected chi connectivity index (χ2v) is 7.73. The van der Waals surface area contributed by atoms with Gasteiger partial charge in [-0.05, 0) is 18.8 Å². The molecule has 1 unspecified atom stereocenters. The molecule has 23 heavy (non-hydrogen) atoms. The maximum atomic E-state index is 5.79. The smallest absolute Gasteiger partial charge is 0.105 e. The highest BCUT2D eigenvalue weighted by molar-refractivity contribution is 5.88. The summed E-state index contributed by atoms with van der Waals surface area (Å²) in [5.74, 6) is 1.65. The minimum Gasteiger partial charge on any atom is -0.382 e. The Morgan fingerprint density at radius 3 is 2.57 bits per heavy atom. The van der Waals surface area contributed by atoms with Gasteiger partial charge >= 0.3 is 0 Å². The number of methoxy groups -OCH3 is 1. The predicted octanol–water partition coefficient (Wildman–Crippen LogP) is 3.77. The molecule has 1 rings (SSSR count). The molecule has 0 aromatic heterocycles. The van der Waals surface area contributed by atoms with Crippen molar-refractivity contribution in [3.63, 3.8) is 0 Å². The Hall–Kier alpha value is -0.870. The zero-order chi connectivity index (χ0) is 17.5. The third-order valence-corrected chi connectivity index (χ3v) is 4.26. The number of aliphatic imine (C=N–C) groups is 1. The zero-order valence-electron chi connectivity index (χ0n) is 16.0. The number of amidine groups is 1. The monoisotopic (exact) mass is 324 g/mol. The zero-order valence-corrected chi connectivity index (χ0v) is 16.0. The maximum absolute atomic E-state index is 5.79. The molecule has 1 aliphatic rings. The lowest BCUT2D eigenvalue weighted by molar-refractivity contribution is 0.0498. The Labute approximate surface area is 142 Å². The highest BCUT2D eigenvalue weighted by Gasteiger charge is 2.34. The largest absolute Gasteiger partial charge is 0.382 e. The van der Waals surface area contributed by atoms with E-state index in [-0.39, 0.29) is 11.5 Å². The third-order valence-electron chi connectivity index (χ3n) is 4.26. The van der Waals surface area contributed by atoms with Crippen molar-refractivity contribution < 1.29 is 9.47 Å². The van der Waals surface area contributed by atoms with Gasteiger partial charge in [0.05, 0.1) is 31.9 Å². The fraction of sp³-hybridized carbons (Fsp3) is 0.842. The summed E-state index contributed by atoms with van der Waals surface area (Å²) in [6.45, 7) is 18.2. The Morgan fingerprint density at radius 2 is 2.04 bits per heavy atom. The molecule has 0 spiro atoms. The van der Waals surface area contributed by atoms with Crippen LogP contribution in [0, 0.1) is 11.3 Å². The molecule has 1 aliphatic heterocycles. The summed E-state index contributed by atoms with van der Waals surface area (Å²) in [7, 11) is 1.71. The standard InChI is InChI=1S/C19H36N2O2/c1-8-17(15(2)3)20-18(19(4,5)6)21-11-9-10-16(21)14-23-13-12-22-7/h8,15-17H,1,9-14H2,2-7H3/t16-,17?/m0/s1. The fourth-order valence-corrected chi connectivity index (χ4v) is 2.96. The van der Waals surface area contributed by atoms with Crippen LogP contribution in [0.5, 0.6) is 0 Å². The summed E-state index contributed by atoms with van der Waals surface area (Å²) in [6.07, 6.45) is 4.34. The molecule has 4 nitrogen and oxygen atoms in total. The minimum atomic E-state index is 0.0191. The number of ether oxygens (including phenoxy) is 2. The lowest BCUT2D eigenvalue weighted by Gasteiger charge is -2.36. The molecule has 0 N–H and O–H groups in total. The average Bonchev–Trinajstić information content (AvgIpc) is 2.91. The summed E-state index contributed by atoms with van der Waals surface area (Å²) in [5, 5.41) is 0. The number of rotatable bonds is 8. The van der Waals surface area contributed by atoms with Gasteiger partial charge in [0.15, 0.2) is 0 Å². The first kappa shape index (κ1) is 20.2. The van der Waals surface area contributed by atoms with Gasteiger partial charge in [-0.3, -0.25) is 4.99 Å². The Kier molecular flexibility index (Phi) is 8.27. The van der Waals surface area contributed by atoms with E-state index in [2.05, 4.69) is 46.1 Å². The van der Waals surface area contributed by atoms with Crippen LogP contribution in [0.25, 0.3) is 0 Å². The Bertz CT molecular complexity index is 385. The first-order chi connectivity index (χ1) is 10.8. The van der Waals surface area contributed by atoms with Crippen molar-refractivity contribution in [2.24, 2.45) is 16.3 Å². The van der Waals surface area contributed by atoms with Crippen molar-refractivity contribution in [3.8, 4) is 0 Å². The number of hydrogen-bond acceptors (Lipinski definition) is 3. The fourth-order valence-electron chi connectivity index (χ4n) is 2.96. The van der Waals surface area contributed by atoms with E-state index in [0.717, 1.165) is 13.2 Å². The number of hydrogen-bond donors (Lipinski definition) is 0. The van der Waals surface area contributed by atoms with Gasteiger partial charge in [-0.1, -0.05) is 40.7 Å². The summed E-state index contributed by atoms with van der Waals surface area (Å²) < 4.78 is 10.8. The van der Waals surface area contributed by atoms with E-state index in [1.807, 2.05) is 6.08 Å². The molecule has 0 aromatic carbocycles. The van der Waals surface area contributed by atoms with Crippen molar-refractivity contribution in [1.82, 2.24) is 4.90 Å². The van der Waals surface area contributed by atoms with E-state index in [4.69, 9.17) is 14.5 Å². The maximum Gasteiger partial charge on any atom is 0.105 e. The third kappa shape index (κ3) is 6.27.